The lowest BCUT2D eigenvalue weighted by atomic mass is 10.3. The van der Waals surface area contributed by atoms with Crippen molar-refractivity contribution >= 4 is 11.6 Å². The largest absolute Gasteiger partial charge is 0.492 e. The molecule has 2 aromatic heterocycles. The Morgan fingerprint density at radius 2 is 2.20 bits per heavy atom. The second-order valence-electron chi connectivity index (χ2n) is 2.81. The fourth-order valence-corrected chi connectivity index (χ4v) is 1.48. The maximum Gasteiger partial charge on any atom is 0.183 e. The Morgan fingerprint density at radius 3 is 2.73 bits per heavy atom. The predicted octanol–water partition coefficient (Wildman–Crippen LogP) is 1.23. The van der Waals surface area contributed by atoms with Crippen LogP contribution in [0.5, 0.6) is 5.75 Å². The molecule has 0 aliphatic rings. The smallest absolute Gasteiger partial charge is 0.183 e. The number of nitrogens with zero attached hydrogens (tertiary/aromatic N) is 4. The highest BCUT2D eigenvalue weighted by Crippen LogP contribution is 2.26. The van der Waals surface area contributed by atoms with Crippen LogP contribution in [0, 0.1) is 6.92 Å². The number of aromatic nitrogens is 5. The van der Waals surface area contributed by atoms with Gasteiger partial charge >= 0.3 is 0 Å². The number of ether oxygens (including phenoxy) is 1. The zero-order chi connectivity index (χ0) is 10.8. The Morgan fingerprint density at radius 1 is 1.40 bits per heavy atom. The normalized spacial score (nSPS) is 10.3. The fourth-order valence-electron chi connectivity index (χ4n) is 1.18. The molecule has 2 rings (SSSR count). The minimum Gasteiger partial charge on any atom is -0.492 e. The molecule has 0 amide bonds. The molecule has 0 saturated heterocycles. The third-order valence-electron chi connectivity index (χ3n) is 1.84. The summed E-state index contributed by atoms with van der Waals surface area (Å²) in [6.45, 7) is 1.79. The molecule has 0 saturated carbocycles. The standard InChI is InChI=1S/C8H8ClN5O/c1-4-6(15-2)7(9)12-8(11-4)5-3-10-14-13-5/h3H,1-2H3,(H,10,13,14). The summed E-state index contributed by atoms with van der Waals surface area (Å²) in [5.41, 5.74) is 1.21. The number of nitrogens with one attached hydrogen (secondary N) is 1. The quantitative estimate of drug-likeness (QED) is 0.778. The van der Waals surface area contributed by atoms with Gasteiger partial charge in [0.2, 0.25) is 0 Å². The van der Waals surface area contributed by atoms with E-state index < -0.39 is 0 Å². The summed E-state index contributed by atoms with van der Waals surface area (Å²) in [6, 6.07) is 0. The van der Waals surface area contributed by atoms with Crippen LogP contribution in [0.1, 0.15) is 5.69 Å². The van der Waals surface area contributed by atoms with Gasteiger partial charge in [0, 0.05) is 0 Å². The van der Waals surface area contributed by atoms with E-state index in [1.54, 1.807) is 6.92 Å². The summed E-state index contributed by atoms with van der Waals surface area (Å²) in [7, 11) is 1.52. The summed E-state index contributed by atoms with van der Waals surface area (Å²) in [5, 5.41) is 10.3. The van der Waals surface area contributed by atoms with Crippen LogP contribution in [0.4, 0.5) is 0 Å². The number of hydrogen-bond donors (Lipinski definition) is 1. The maximum atomic E-state index is 5.92. The molecule has 0 aliphatic carbocycles. The van der Waals surface area contributed by atoms with Crippen molar-refractivity contribution in [1.82, 2.24) is 25.4 Å². The van der Waals surface area contributed by atoms with Crippen LogP contribution in [0.25, 0.3) is 11.5 Å². The first kappa shape index (κ1) is 9.85. The number of methoxy groups -OCH3 is 1. The number of aryl methyl sites for hydroxylation is 1. The molecule has 0 spiro atoms. The fraction of sp³-hybridized carbons (Fsp3) is 0.250. The second-order valence-corrected chi connectivity index (χ2v) is 3.17. The van der Waals surface area contributed by atoms with Gasteiger partial charge < -0.3 is 4.74 Å². The van der Waals surface area contributed by atoms with E-state index in [4.69, 9.17) is 16.3 Å². The summed E-state index contributed by atoms with van der Waals surface area (Å²) in [6.07, 6.45) is 1.53. The van der Waals surface area contributed by atoms with E-state index in [1.807, 2.05) is 0 Å². The van der Waals surface area contributed by atoms with Crippen LogP contribution in [0.15, 0.2) is 6.20 Å². The molecular formula is C8H8ClN5O. The van der Waals surface area contributed by atoms with Gasteiger partial charge in [-0.3, -0.25) is 0 Å². The highest BCUT2D eigenvalue weighted by atomic mass is 35.5. The van der Waals surface area contributed by atoms with Crippen molar-refractivity contribution in [3.05, 3.63) is 17.0 Å². The lowest BCUT2D eigenvalue weighted by Crippen LogP contribution is -1.98. The molecule has 0 radical (unpaired) electrons. The minimum atomic E-state index is 0.267. The molecule has 78 valence electrons. The zero-order valence-corrected chi connectivity index (χ0v) is 8.91. The molecule has 0 bridgehead atoms. The molecule has 0 fully saturated rings. The summed E-state index contributed by atoms with van der Waals surface area (Å²) >= 11 is 5.92. The van der Waals surface area contributed by atoms with Gasteiger partial charge in [-0.25, -0.2) is 9.97 Å². The summed E-state index contributed by atoms with van der Waals surface area (Å²) in [4.78, 5) is 8.26. The number of aromatic amines is 1. The van der Waals surface area contributed by atoms with Crippen molar-refractivity contribution in [2.24, 2.45) is 0 Å². The third-order valence-corrected chi connectivity index (χ3v) is 2.10. The van der Waals surface area contributed by atoms with Crippen molar-refractivity contribution in [2.45, 2.75) is 6.92 Å². The van der Waals surface area contributed by atoms with Crippen LogP contribution >= 0.6 is 11.6 Å². The molecule has 1 N–H and O–H groups in total. The predicted molar refractivity (Wildman–Crippen MR) is 53.7 cm³/mol. The van der Waals surface area contributed by atoms with Crippen LogP contribution in [-0.2, 0) is 0 Å². The lowest BCUT2D eigenvalue weighted by molar-refractivity contribution is 0.407. The van der Waals surface area contributed by atoms with Crippen LogP contribution < -0.4 is 4.74 Å². The average molecular weight is 226 g/mol. The van der Waals surface area contributed by atoms with Crippen molar-refractivity contribution in [3.63, 3.8) is 0 Å². The first-order valence-corrected chi connectivity index (χ1v) is 4.54. The number of rotatable bonds is 2. The summed E-state index contributed by atoms with van der Waals surface area (Å²) in [5.74, 6) is 0.899. The molecule has 0 atom stereocenters. The van der Waals surface area contributed by atoms with Gasteiger partial charge in [0.15, 0.2) is 16.7 Å². The molecule has 0 aromatic carbocycles. The van der Waals surface area contributed by atoms with Crippen LogP contribution in [-0.4, -0.2) is 32.5 Å². The molecule has 2 aromatic rings. The second kappa shape index (κ2) is 3.82. The van der Waals surface area contributed by atoms with Crippen LogP contribution in [0.2, 0.25) is 5.15 Å². The topological polar surface area (TPSA) is 76.6 Å². The lowest BCUT2D eigenvalue weighted by Gasteiger charge is -2.06. The number of hydrogen-bond acceptors (Lipinski definition) is 5. The van der Waals surface area contributed by atoms with Crippen molar-refractivity contribution < 1.29 is 4.74 Å². The first-order valence-electron chi connectivity index (χ1n) is 4.16. The monoisotopic (exact) mass is 225 g/mol. The van der Waals surface area contributed by atoms with Crippen molar-refractivity contribution in [2.75, 3.05) is 7.11 Å². The van der Waals surface area contributed by atoms with Crippen LogP contribution in [0.3, 0.4) is 0 Å². The van der Waals surface area contributed by atoms with E-state index in [0.29, 0.717) is 23.0 Å². The van der Waals surface area contributed by atoms with E-state index in [2.05, 4.69) is 25.4 Å². The van der Waals surface area contributed by atoms with E-state index in [9.17, 15) is 0 Å². The Balaban J connectivity index is 2.53. The summed E-state index contributed by atoms with van der Waals surface area (Å²) < 4.78 is 5.05. The van der Waals surface area contributed by atoms with Gasteiger partial charge in [0.1, 0.15) is 5.69 Å². The molecule has 7 heteroatoms. The SMILES string of the molecule is COc1c(C)nc(-c2cn[nH]n2)nc1Cl. The molecule has 2 heterocycles. The Bertz CT molecular complexity index is 447. The first-order chi connectivity index (χ1) is 7.22. The van der Waals surface area contributed by atoms with Crippen molar-refractivity contribution in [3.8, 4) is 17.3 Å². The highest BCUT2D eigenvalue weighted by Gasteiger charge is 2.12. The van der Waals surface area contributed by atoms with Gasteiger partial charge in [-0.1, -0.05) is 11.6 Å². The zero-order valence-electron chi connectivity index (χ0n) is 8.15. The van der Waals surface area contributed by atoms with E-state index >= 15 is 0 Å². The number of H-pyrrole nitrogens is 1. The van der Waals surface area contributed by atoms with E-state index in [0.717, 1.165) is 0 Å². The van der Waals surface area contributed by atoms with Gasteiger partial charge in [0.05, 0.1) is 19.0 Å². The average Bonchev–Trinajstić information content (AvgIpc) is 2.69. The van der Waals surface area contributed by atoms with Crippen molar-refractivity contribution in [1.29, 1.82) is 0 Å². The van der Waals surface area contributed by atoms with E-state index in [-0.39, 0.29) is 5.15 Å². The molecule has 0 unspecified atom stereocenters. The van der Waals surface area contributed by atoms with Gasteiger partial charge in [-0.2, -0.15) is 15.4 Å². The maximum absolute atomic E-state index is 5.92. The van der Waals surface area contributed by atoms with Gasteiger partial charge in [0.25, 0.3) is 0 Å². The highest BCUT2D eigenvalue weighted by molar-refractivity contribution is 6.31. The molecular weight excluding hydrogens is 218 g/mol. The van der Waals surface area contributed by atoms with E-state index in [1.165, 1.54) is 13.3 Å². The molecule has 0 aliphatic heterocycles. The van der Waals surface area contributed by atoms with Gasteiger partial charge in [-0.05, 0) is 6.92 Å². The Kier molecular flexibility index (Phi) is 2.51. The third kappa shape index (κ3) is 1.75. The Hall–Kier alpha value is -1.69. The van der Waals surface area contributed by atoms with Gasteiger partial charge in [-0.15, -0.1) is 0 Å². The Labute approximate surface area is 90.7 Å². The molecule has 15 heavy (non-hydrogen) atoms. The molecule has 6 nitrogen and oxygen atoms in total. The minimum absolute atomic E-state index is 0.267. The number of halogens is 1.